The van der Waals surface area contributed by atoms with Crippen LogP contribution in [0.15, 0.2) is 66.9 Å². The van der Waals surface area contributed by atoms with E-state index >= 15 is 0 Å². The Labute approximate surface area is 142 Å². The van der Waals surface area contributed by atoms with Crippen molar-refractivity contribution in [1.29, 1.82) is 0 Å². The van der Waals surface area contributed by atoms with E-state index in [2.05, 4.69) is 80.4 Å². The molecule has 118 valence electrons. The molecular weight excluding hydrogens is 292 g/mol. The van der Waals surface area contributed by atoms with Crippen molar-refractivity contribution in [3.63, 3.8) is 0 Å². The molecule has 2 aromatic heterocycles. The van der Waals surface area contributed by atoms with Gasteiger partial charge < -0.3 is 0 Å². The minimum absolute atomic E-state index is 0.164. The van der Waals surface area contributed by atoms with Crippen LogP contribution in [0.2, 0.25) is 0 Å². The van der Waals surface area contributed by atoms with E-state index in [0.29, 0.717) is 0 Å². The van der Waals surface area contributed by atoms with Gasteiger partial charge in [0.05, 0.1) is 16.7 Å². The summed E-state index contributed by atoms with van der Waals surface area (Å²) in [5.74, 6) is 0. The van der Waals surface area contributed by atoms with Crippen molar-refractivity contribution in [1.82, 2.24) is 9.97 Å². The maximum absolute atomic E-state index is 4.93. The zero-order chi connectivity index (χ0) is 16.7. The van der Waals surface area contributed by atoms with Gasteiger partial charge in [-0.2, -0.15) is 0 Å². The second-order valence-corrected chi connectivity index (χ2v) is 7.23. The highest BCUT2D eigenvalue weighted by atomic mass is 14.7. The van der Waals surface area contributed by atoms with Crippen molar-refractivity contribution in [2.45, 2.75) is 26.2 Å². The Kier molecular flexibility index (Phi) is 3.34. The van der Waals surface area contributed by atoms with E-state index in [0.717, 1.165) is 33.1 Å². The lowest BCUT2D eigenvalue weighted by molar-refractivity contribution is 0.590. The molecule has 0 aliphatic carbocycles. The summed E-state index contributed by atoms with van der Waals surface area (Å²) in [7, 11) is 0. The van der Waals surface area contributed by atoms with Crippen LogP contribution in [0.25, 0.3) is 33.1 Å². The Morgan fingerprint density at radius 3 is 2.29 bits per heavy atom. The highest BCUT2D eigenvalue weighted by Gasteiger charge is 2.13. The Morgan fingerprint density at radius 2 is 1.54 bits per heavy atom. The van der Waals surface area contributed by atoms with Crippen LogP contribution in [0.5, 0.6) is 0 Å². The summed E-state index contributed by atoms with van der Waals surface area (Å²) in [5, 5.41) is 2.24. The van der Waals surface area contributed by atoms with Crippen LogP contribution < -0.4 is 0 Å². The van der Waals surface area contributed by atoms with Gasteiger partial charge in [0.2, 0.25) is 0 Å². The molecule has 0 amide bonds. The molecule has 0 fully saturated rings. The predicted octanol–water partition coefficient (Wildman–Crippen LogP) is 5.75. The van der Waals surface area contributed by atoms with Crippen molar-refractivity contribution in [2.24, 2.45) is 0 Å². The largest absolute Gasteiger partial charge is 0.256 e. The van der Waals surface area contributed by atoms with Gasteiger partial charge in [-0.25, -0.2) is 4.98 Å². The molecule has 2 heterocycles. The number of aromatic nitrogens is 2. The van der Waals surface area contributed by atoms with E-state index < -0.39 is 0 Å². The molecule has 0 radical (unpaired) electrons. The normalized spacial score (nSPS) is 12.0. The van der Waals surface area contributed by atoms with Crippen LogP contribution in [0.3, 0.4) is 0 Å². The summed E-state index contributed by atoms with van der Waals surface area (Å²) in [5.41, 5.74) is 5.64. The number of rotatable bonds is 1. The van der Waals surface area contributed by atoms with Crippen LogP contribution >= 0.6 is 0 Å². The fourth-order valence-corrected chi connectivity index (χ4v) is 3.04. The highest BCUT2D eigenvalue weighted by Crippen LogP contribution is 2.28. The summed E-state index contributed by atoms with van der Waals surface area (Å²) in [4.78, 5) is 9.36. The average molecular weight is 312 g/mol. The zero-order valence-electron chi connectivity index (χ0n) is 14.2. The minimum atomic E-state index is 0.164. The highest BCUT2D eigenvalue weighted by molar-refractivity contribution is 6.04. The second kappa shape index (κ2) is 5.41. The van der Waals surface area contributed by atoms with Gasteiger partial charge in [0, 0.05) is 22.5 Å². The fourth-order valence-electron chi connectivity index (χ4n) is 3.04. The molecule has 0 saturated heterocycles. The van der Waals surface area contributed by atoms with Crippen LogP contribution in [0.1, 0.15) is 26.3 Å². The standard InChI is InChI=1S/C22H20N2/c1-22(2,3)17-10-6-15(7-11-17)19-12-8-16-9-13-20-18(21(16)24-19)5-4-14-23-20/h4-14H,1-3H3. The molecule has 0 spiro atoms. The summed E-state index contributed by atoms with van der Waals surface area (Å²) >= 11 is 0. The van der Waals surface area contributed by atoms with Gasteiger partial charge in [-0.05, 0) is 35.2 Å². The van der Waals surface area contributed by atoms with E-state index in [4.69, 9.17) is 4.98 Å². The topological polar surface area (TPSA) is 25.8 Å². The Morgan fingerprint density at radius 1 is 0.792 bits per heavy atom. The number of fused-ring (bicyclic) bond motifs is 3. The van der Waals surface area contributed by atoms with Crippen molar-refractivity contribution < 1.29 is 0 Å². The first-order valence-electron chi connectivity index (χ1n) is 8.28. The lowest BCUT2D eigenvalue weighted by Crippen LogP contribution is -2.10. The maximum Gasteiger partial charge on any atom is 0.0803 e. The molecule has 24 heavy (non-hydrogen) atoms. The minimum Gasteiger partial charge on any atom is -0.256 e. The van der Waals surface area contributed by atoms with Crippen LogP contribution in [-0.2, 0) is 5.41 Å². The first kappa shape index (κ1) is 14.8. The smallest absolute Gasteiger partial charge is 0.0803 e. The van der Waals surface area contributed by atoms with Gasteiger partial charge in [-0.3, -0.25) is 4.98 Å². The van der Waals surface area contributed by atoms with E-state index in [9.17, 15) is 0 Å². The first-order valence-corrected chi connectivity index (χ1v) is 8.28. The Balaban J connectivity index is 1.86. The number of hydrogen-bond donors (Lipinski definition) is 0. The molecular formula is C22H20N2. The molecule has 4 aromatic rings. The molecule has 0 atom stereocenters. The lowest BCUT2D eigenvalue weighted by Gasteiger charge is -2.19. The Bertz CT molecular complexity index is 1030. The molecule has 4 rings (SSSR count). The third-order valence-corrected chi connectivity index (χ3v) is 4.49. The number of pyridine rings is 2. The summed E-state index contributed by atoms with van der Waals surface area (Å²) in [6.07, 6.45) is 1.82. The van der Waals surface area contributed by atoms with Crippen LogP contribution in [-0.4, -0.2) is 9.97 Å². The van der Waals surface area contributed by atoms with Crippen molar-refractivity contribution in [3.05, 3.63) is 72.4 Å². The van der Waals surface area contributed by atoms with Crippen molar-refractivity contribution in [3.8, 4) is 11.3 Å². The first-order chi connectivity index (χ1) is 11.5. The van der Waals surface area contributed by atoms with Crippen molar-refractivity contribution >= 4 is 21.8 Å². The molecule has 0 aliphatic heterocycles. The average Bonchev–Trinajstić information content (AvgIpc) is 2.60. The summed E-state index contributed by atoms with van der Waals surface area (Å²) in [6.45, 7) is 6.69. The van der Waals surface area contributed by atoms with E-state index in [1.54, 1.807) is 0 Å². The van der Waals surface area contributed by atoms with Gasteiger partial charge in [0.1, 0.15) is 0 Å². The van der Waals surface area contributed by atoms with Gasteiger partial charge in [-0.1, -0.05) is 57.2 Å². The molecule has 0 saturated carbocycles. The molecule has 2 aromatic carbocycles. The lowest BCUT2D eigenvalue weighted by atomic mass is 9.86. The fraction of sp³-hybridized carbons (Fsp3) is 0.182. The number of nitrogens with zero attached hydrogens (tertiary/aromatic N) is 2. The van der Waals surface area contributed by atoms with Crippen molar-refractivity contribution in [2.75, 3.05) is 0 Å². The SMILES string of the molecule is CC(C)(C)c1ccc(-c2ccc3ccc4ncccc4c3n2)cc1. The summed E-state index contributed by atoms with van der Waals surface area (Å²) in [6, 6.07) is 21.2. The van der Waals surface area contributed by atoms with E-state index in [1.807, 2.05) is 12.3 Å². The van der Waals surface area contributed by atoms with Gasteiger partial charge in [0.15, 0.2) is 0 Å². The second-order valence-electron chi connectivity index (χ2n) is 7.23. The third-order valence-electron chi connectivity index (χ3n) is 4.49. The summed E-state index contributed by atoms with van der Waals surface area (Å²) < 4.78 is 0. The molecule has 2 heteroatoms. The molecule has 0 bridgehead atoms. The maximum atomic E-state index is 4.93. The molecule has 2 nitrogen and oxygen atoms in total. The van der Waals surface area contributed by atoms with Gasteiger partial charge in [-0.15, -0.1) is 0 Å². The Hall–Kier alpha value is -2.74. The number of hydrogen-bond acceptors (Lipinski definition) is 2. The van der Waals surface area contributed by atoms with E-state index in [1.165, 1.54) is 5.56 Å². The molecule has 0 aliphatic rings. The van der Waals surface area contributed by atoms with Gasteiger partial charge in [0.25, 0.3) is 0 Å². The third kappa shape index (κ3) is 2.54. The molecule has 0 unspecified atom stereocenters. The molecule has 0 N–H and O–H groups in total. The van der Waals surface area contributed by atoms with Crippen LogP contribution in [0, 0.1) is 0 Å². The monoisotopic (exact) mass is 312 g/mol. The number of benzene rings is 2. The van der Waals surface area contributed by atoms with E-state index in [-0.39, 0.29) is 5.41 Å². The zero-order valence-corrected chi connectivity index (χ0v) is 14.2. The quantitative estimate of drug-likeness (QED) is 0.418. The predicted molar refractivity (Wildman–Crippen MR) is 101 cm³/mol. The van der Waals surface area contributed by atoms with Gasteiger partial charge >= 0.3 is 0 Å². The van der Waals surface area contributed by atoms with Crippen LogP contribution in [0.4, 0.5) is 0 Å².